The van der Waals surface area contributed by atoms with Gasteiger partial charge in [0.15, 0.2) is 5.75 Å². The number of hydrogen-bond donors (Lipinski definition) is 2. The molecule has 2 N–H and O–H groups in total. The van der Waals surface area contributed by atoms with E-state index in [0.29, 0.717) is 18.8 Å². The molecular weight excluding hydrogens is 366 g/mol. The molecule has 0 aliphatic rings. The maximum Gasteiger partial charge on any atom is 0.223 e. The smallest absolute Gasteiger partial charge is 0.223 e. The molecule has 0 spiro atoms. The molecule has 29 heavy (non-hydrogen) atoms. The van der Waals surface area contributed by atoms with Crippen LogP contribution in [0.4, 0.5) is 0 Å². The van der Waals surface area contributed by atoms with Crippen LogP contribution in [0.5, 0.6) is 5.75 Å². The van der Waals surface area contributed by atoms with Crippen LogP contribution in [0.15, 0.2) is 71.7 Å². The van der Waals surface area contributed by atoms with Gasteiger partial charge in [0.05, 0.1) is 18.9 Å². The molecule has 1 aromatic heterocycles. The molecule has 152 valence electrons. The lowest BCUT2D eigenvalue weighted by atomic mass is 10.0. The molecule has 0 aliphatic carbocycles. The largest absolute Gasteiger partial charge is 0.503 e. The van der Waals surface area contributed by atoms with Gasteiger partial charge in [0, 0.05) is 18.8 Å². The maximum atomic E-state index is 11.4. The number of benzene rings is 2. The van der Waals surface area contributed by atoms with Gasteiger partial charge >= 0.3 is 0 Å². The van der Waals surface area contributed by atoms with Gasteiger partial charge < -0.3 is 19.5 Å². The van der Waals surface area contributed by atoms with Crippen LogP contribution in [-0.2, 0) is 24.1 Å². The number of ether oxygens (including phenoxy) is 1. The first-order valence-electron chi connectivity index (χ1n) is 9.82. The van der Waals surface area contributed by atoms with E-state index in [4.69, 9.17) is 4.74 Å². The van der Waals surface area contributed by atoms with Crippen molar-refractivity contribution in [2.45, 2.75) is 32.4 Å². The summed E-state index contributed by atoms with van der Waals surface area (Å²) in [6, 6.07) is 19.9. The second kappa shape index (κ2) is 10.0. The van der Waals surface area contributed by atoms with Crippen molar-refractivity contribution in [1.82, 2.24) is 4.57 Å². The average molecular weight is 393 g/mol. The van der Waals surface area contributed by atoms with Gasteiger partial charge in [0.25, 0.3) is 0 Å². The van der Waals surface area contributed by atoms with E-state index in [1.54, 1.807) is 17.7 Å². The number of pyridine rings is 1. The van der Waals surface area contributed by atoms with Crippen molar-refractivity contribution in [2.24, 2.45) is 0 Å². The van der Waals surface area contributed by atoms with Gasteiger partial charge in [-0.25, -0.2) is 0 Å². The zero-order valence-electron chi connectivity index (χ0n) is 16.6. The van der Waals surface area contributed by atoms with Crippen molar-refractivity contribution < 1.29 is 14.9 Å². The van der Waals surface area contributed by atoms with Gasteiger partial charge in [-0.2, -0.15) is 0 Å². The van der Waals surface area contributed by atoms with Crippen LogP contribution in [0.3, 0.4) is 0 Å². The predicted molar refractivity (Wildman–Crippen MR) is 113 cm³/mol. The summed E-state index contributed by atoms with van der Waals surface area (Å²) in [6.07, 6.45) is 3.18. The Bertz CT molecular complexity index is 964. The first-order valence-corrected chi connectivity index (χ1v) is 9.82. The van der Waals surface area contributed by atoms with E-state index in [2.05, 4.69) is 36.4 Å². The van der Waals surface area contributed by atoms with E-state index in [9.17, 15) is 15.0 Å². The summed E-state index contributed by atoms with van der Waals surface area (Å²) in [7, 11) is 0. The summed E-state index contributed by atoms with van der Waals surface area (Å²) >= 11 is 0. The van der Waals surface area contributed by atoms with Crippen LogP contribution < -0.4 is 5.43 Å². The molecule has 2 aromatic carbocycles. The Hall–Kier alpha value is -2.89. The van der Waals surface area contributed by atoms with Crippen molar-refractivity contribution in [3.8, 4) is 5.75 Å². The SMILES string of the molecule is Cc1c(O)c(=O)ccn1CCO[C@H](CO)c1ccc(CCc2ccccc2)cc1. The molecule has 3 aromatic rings. The van der Waals surface area contributed by atoms with Crippen LogP contribution in [0.2, 0.25) is 0 Å². The fraction of sp³-hybridized carbons (Fsp3) is 0.292. The predicted octanol–water partition coefficient (Wildman–Crippen LogP) is 3.40. The van der Waals surface area contributed by atoms with Gasteiger partial charge in [-0.1, -0.05) is 54.6 Å². The number of aryl methyl sites for hydroxylation is 2. The highest BCUT2D eigenvalue weighted by Crippen LogP contribution is 2.19. The molecule has 5 heteroatoms. The zero-order valence-corrected chi connectivity index (χ0v) is 16.6. The van der Waals surface area contributed by atoms with Crippen LogP contribution in [0, 0.1) is 6.92 Å². The minimum Gasteiger partial charge on any atom is -0.503 e. The molecule has 0 radical (unpaired) electrons. The van der Waals surface area contributed by atoms with E-state index >= 15 is 0 Å². The lowest BCUT2D eigenvalue weighted by Crippen LogP contribution is -2.16. The van der Waals surface area contributed by atoms with Crippen molar-refractivity contribution in [3.63, 3.8) is 0 Å². The molecule has 0 fully saturated rings. The van der Waals surface area contributed by atoms with Gasteiger partial charge in [-0.3, -0.25) is 4.79 Å². The first-order chi connectivity index (χ1) is 14.1. The molecule has 0 bridgehead atoms. The number of aliphatic hydroxyl groups is 1. The van der Waals surface area contributed by atoms with Crippen LogP contribution in [-0.4, -0.2) is 28.0 Å². The minimum absolute atomic E-state index is 0.113. The Kier molecular flexibility index (Phi) is 7.22. The van der Waals surface area contributed by atoms with Gasteiger partial charge in [-0.15, -0.1) is 0 Å². The van der Waals surface area contributed by atoms with E-state index < -0.39 is 6.10 Å². The molecule has 0 amide bonds. The van der Waals surface area contributed by atoms with Gasteiger partial charge in [0.2, 0.25) is 5.43 Å². The number of hydrogen-bond acceptors (Lipinski definition) is 4. The third-order valence-electron chi connectivity index (χ3n) is 5.13. The third-order valence-corrected chi connectivity index (χ3v) is 5.13. The molecular formula is C24H27NO4. The summed E-state index contributed by atoms with van der Waals surface area (Å²) in [5, 5.41) is 19.5. The summed E-state index contributed by atoms with van der Waals surface area (Å²) < 4.78 is 7.61. The maximum absolute atomic E-state index is 11.4. The Balaban J connectivity index is 1.54. The fourth-order valence-electron chi connectivity index (χ4n) is 3.28. The number of aromatic nitrogens is 1. The Morgan fingerprint density at radius 1 is 0.966 bits per heavy atom. The lowest BCUT2D eigenvalue weighted by molar-refractivity contribution is 0.00769. The van der Waals surface area contributed by atoms with Crippen LogP contribution in [0.1, 0.15) is 28.5 Å². The third kappa shape index (κ3) is 5.56. The standard InChI is InChI=1S/C24H27NO4/c1-18-24(28)22(27)13-14-25(18)15-16-29-23(17-26)21-11-9-20(10-12-21)8-7-19-5-3-2-4-6-19/h2-6,9-14,23,26,28H,7-8,15-17H2,1H3/t23-/m1/s1. The molecule has 5 nitrogen and oxygen atoms in total. The molecule has 1 atom stereocenters. The average Bonchev–Trinajstić information content (AvgIpc) is 2.76. The summed E-state index contributed by atoms with van der Waals surface area (Å²) in [4.78, 5) is 11.4. The zero-order chi connectivity index (χ0) is 20.6. The van der Waals surface area contributed by atoms with Crippen molar-refractivity contribution in [3.05, 3.63) is 99.5 Å². The van der Waals surface area contributed by atoms with E-state index in [1.165, 1.54) is 17.2 Å². The van der Waals surface area contributed by atoms with E-state index in [0.717, 1.165) is 18.4 Å². The first kappa shape index (κ1) is 20.8. The Labute approximate surface area is 170 Å². The Morgan fingerprint density at radius 3 is 2.28 bits per heavy atom. The normalized spacial score (nSPS) is 12.1. The number of aliphatic hydroxyl groups excluding tert-OH is 1. The topological polar surface area (TPSA) is 71.7 Å². The monoisotopic (exact) mass is 393 g/mol. The molecule has 0 unspecified atom stereocenters. The van der Waals surface area contributed by atoms with Crippen molar-refractivity contribution in [2.75, 3.05) is 13.2 Å². The highest BCUT2D eigenvalue weighted by Gasteiger charge is 2.12. The Morgan fingerprint density at radius 2 is 1.62 bits per heavy atom. The van der Waals surface area contributed by atoms with E-state index in [-0.39, 0.29) is 17.8 Å². The highest BCUT2D eigenvalue weighted by molar-refractivity contribution is 5.26. The number of nitrogens with zero attached hydrogens (tertiary/aromatic N) is 1. The van der Waals surface area contributed by atoms with Crippen LogP contribution in [0.25, 0.3) is 0 Å². The molecule has 3 rings (SSSR count). The van der Waals surface area contributed by atoms with Gasteiger partial charge in [-0.05, 0) is 36.5 Å². The van der Waals surface area contributed by atoms with Crippen molar-refractivity contribution >= 4 is 0 Å². The lowest BCUT2D eigenvalue weighted by Gasteiger charge is -2.18. The highest BCUT2D eigenvalue weighted by atomic mass is 16.5. The minimum atomic E-state index is -0.411. The molecule has 0 aliphatic heterocycles. The number of rotatable bonds is 9. The van der Waals surface area contributed by atoms with E-state index in [1.807, 2.05) is 18.2 Å². The quantitative estimate of drug-likeness (QED) is 0.585. The molecule has 0 saturated carbocycles. The summed E-state index contributed by atoms with van der Waals surface area (Å²) in [5.74, 6) is -0.239. The molecule has 1 heterocycles. The fourth-order valence-corrected chi connectivity index (χ4v) is 3.28. The second-order valence-corrected chi connectivity index (χ2v) is 7.08. The second-order valence-electron chi connectivity index (χ2n) is 7.08. The molecule has 0 saturated heterocycles. The van der Waals surface area contributed by atoms with Crippen LogP contribution >= 0.6 is 0 Å². The number of aromatic hydroxyl groups is 1. The van der Waals surface area contributed by atoms with Gasteiger partial charge in [0.1, 0.15) is 6.10 Å². The summed E-state index contributed by atoms with van der Waals surface area (Å²) in [5.41, 5.74) is 3.60. The van der Waals surface area contributed by atoms with Crippen molar-refractivity contribution in [1.29, 1.82) is 0 Å². The summed E-state index contributed by atoms with van der Waals surface area (Å²) in [6.45, 7) is 2.40.